The van der Waals surface area contributed by atoms with Crippen molar-refractivity contribution >= 4 is 61.5 Å². The third-order valence-electron chi connectivity index (χ3n) is 2.37. The fourth-order valence-corrected chi connectivity index (χ4v) is 5.14. The van der Waals surface area contributed by atoms with E-state index in [1.807, 2.05) is 0 Å². The Hall–Kier alpha value is -0.800. The van der Waals surface area contributed by atoms with Gasteiger partial charge in [-0.05, 0) is 12.1 Å². The van der Waals surface area contributed by atoms with Crippen LogP contribution in [0, 0.1) is 0 Å². The molecule has 1 aromatic heterocycles. The lowest BCUT2D eigenvalue weighted by Gasteiger charge is -2.08. The zero-order valence-corrected chi connectivity index (χ0v) is 15.1. The van der Waals surface area contributed by atoms with Crippen molar-refractivity contribution in [1.82, 2.24) is 10.2 Å². The molecule has 2 rings (SSSR count). The van der Waals surface area contributed by atoms with Gasteiger partial charge in [0, 0.05) is 21.4 Å². The molecule has 2 aromatic rings. The molecule has 0 saturated carbocycles. The topological polar surface area (TPSA) is 72.0 Å². The van der Waals surface area contributed by atoms with Gasteiger partial charge in [0.15, 0.2) is 4.34 Å². The Morgan fingerprint density at radius 1 is 1.32 bits per heavy atom. The average Bonchev–Trinajstić information content (AvgIpc) is 2.87. The molecule has 0 amide bonds. The molecule has 0 spiro atoms. The maximum atomic E-state index is 12.2. The molecule has 0 fully saturated rings. The normalized spacial score (nSPS) is 11.4. The van der Waals surface area contributed by atoms with Crippen LogP contribution in [-0.2, 0) is 15.8 Å². The fraction of sp³-hybridized carbons (Fsp3) is 0.167. The third kappa shape index (κ3) is 4.85. The van der Waals surface area contributed by atoms with Crippen molar-refractivity contribution in [1.29, 1.82) is 0 Å². The summed E-state index contributed by atoms with van der Waals surface area (Å²) in [6.07, 6.45) is 1.73. The Kier molecular flexibility index (Phi) is 6.10. The van der Waals surface area contributed by atoms with Crippen LogP contribution >= 0.6 is 46.3 Å². The first-order chi connectivity index (χ1) is 10.4. The number of anilines is 1. The summed E-state index contributed by atoms with van der Waals surface area (Å²) in [7, 11) is -3.68. The van der Waals surface area contributed by atoms with Crippen LogP contribution < -0.4 is 4.72 Å². The largest absolute Gasteiger partial charge is 0.257 e. The van der Waals surface area contributed by atoms with Gasteiger partial charge in [-0.2, -0.15) is 0 Å². The molecule has 118 valence electrons. The lowest BCUT2D eigenvalue weighted by molar-refractivity contribution is 0.600. The summed E-state index contributed by atoms with van der Waals surface area (Å²) in [5, 5.41) is 8.49. The Labute approximate surface area is 146 Å². The van der Waals surface area contributed by atoms with Crippen LogP contribution in [0.5, 0.6) is 0 Å². The number of hydrogen-bond donors (Lipinski definition) is 1. The molecule has 0 radical (unpaired) electrons. The van der Waals surface area contributed by atoms with E-state index >= 15 is 0 Å². The van der Waals surface area contributed by atoms with E-state index in [9.17, 15) is 8.42 Å². The second-order valence-electron chi connectivity index (χ2n) is 4.03. The van der Waals surface area contributed by atoms with Crippen molar-refractivity contribution in [3.63, 3.8) is 0 Å². The van der Waals surface area contributed by atoms with E-state index in [0.29, 0.717) is 25.7 Å². The Bertz CT molecular complexity index is 757. The minimum Gasteiger partial charge on any atom is -0.257 e. The first kappa shape index (κ1) is 17.6. The van der Waals surface area contributed by atoms with Gasteiger partial charge in [0.1, 0.15) is 0 Å². The van der Waals surface area contributed by atoms with Gasteiger partial charge in [-0.25, -0.2) is 8.42 Å². The van der Waals surface area contributed by atoms with Crippen LogP contribution in [0.25, 0.3) is 0 Å². The van der Waals surface area contributed by atoms with E-state index in [2.05, 4.69) is 21.5 Å². The highest BCUT2D eigenvalue weighted by Crippen LogP contribution is 2.29. The van der Waals surface area contributed by atoms with Gasteiger partial charge in [0.05, 0.1) is 5.75 Å². The Morgan fingerprint density at radius 3 is 2.64 bits per heavy atom. The van der Waals surface area contributed by atoms with Crippen LogP contribution in [0.15, 0.2) is 35.2 Å². The average molecular weight is 396 g/mol. The third-order valence-corrected chi connectivity index (χ3v) is 6.35. The van der Waals surface area contributed by atoms with E-state index in [-0.39, 0.29) is 10.9 Å². The summed E-state index contributed by atoms with van der Waals surface area (Å²) in [4.78, 5) is 0. The lowest BCUT2D eigenvalue weighted by Crippen LogP contribution is -2.15. The van der Waals surface area contributed by atoms with Gasteiger partial charge >= 0.3 is 0 Å². The van der Waals surface area contributed by atoms with E-state index < -0.39 is 10.0 Å². The Balaban J connectivity index is 2.11. The Morgan fingerprint density at radius 2 is 2.00 bits per heavy atom. The van der Waals surface area contributed by atoms with Crippen molar-refractivity contribution in [3.05, 3.63) is 46.5 Å². The van der Waals surface area contributed by atoms with E-state index in [0.717, 1.165) is 11.3 Å². The van der Waals surface area contributed by atoms with Gasteiger partial charge in [0.25, 0.3) is 0 Å². The van der Waals surface area contributed by atoms with E-state index in [1.54, 1.807) is 24.3 Å². The smallest absolute Gasteiger partial charge is 0.238 e. The van der Waals surface area contributed by atoms with Crippen LogP contribution in [0.2, 0.25) is 10.0 Å². The molecule has 1 aromatic carbocycles. The first-order valence-corrected chi connectivity index (χ1v) is 10.1. The summed E-state index contributed by atoms with van der Waals surface area (Å²) in [5.41, 5.74) is 0.351. The highest BCUT2D eigenvalue weighted by Gasteiger charge is 2.18. The maximum Gasteiger partial charge on any atom is 0.238 e. The fourth-order valence-electron chi connectivity index (χ4n) is 1.47. The quantitative estimate of drug-likeness (QED) is 0.564. The molecule has 5 nitrogen and oxygen atoms in total. The molecule has 0 bridgehead atoms. The highest BCUT2D eigenvalue weighted by molar-refractivity contribution is 8.01. The molecule has 0 saturated heterocycles. The number of aromatic nitrogens is 2. The highest BCUT2D eigenvalue weighted by atomic mass is 35.5. The van der Waals surface area contributed by atoms with Crippen LogP contribution in [0.3, 0.4) is 0 Å². The molecular weight excluding hydrogens is 385 g/mol. The van der Waals surface area contributed by atoms with Crippen molar-refractivity contribution < 1.29 is 8.42 Å². The van der Waals surface area contributed by atoms with Gasteiger partial charge in [0.2, 0.25) is 15.2 Å². The second kappa shape index (κ2) is 7.65. The van der Waals surface area contributed by atoms with Crippen LogP contribution in [0.4, 0.5) is 5.13 Å². The predicted octanol–water partition coefficient (Wildman–Crippen LogP) is 4.06. The van der Waals surface area contributed by atoms with Gasteiger partial charge in [-0.1, -0.05) is 58.4 Å². The minimum absolute atomic E-state index is 0.203. The maximum absolute atomic E-state index is 12.2. The van der Waals surface area contributed by atoms with Crippen molar-refractivity contribution in [2.75, 3.05) is 10.5 Å². The van der Waals surface area contributed by atoms with Crippen molar-refractivity contribution in [2.45, 2.75) is 10.1 Å². The number of nitrogens with zero attached hydrogens (tertiary/aromatic N) is 2. The van der Waals surface area contributed by atoms with Crippen molar-refractivity contribution in [3.8, 4) is 0 Å². The summed E-state index contributed by atoms with van der Waals surface area (Å²) >= 11 is 14.6. The summed E-state index contributed by atoms with van der Waals surface area (Å²) in [5.74, 6) is 0.344. The number of benzene rings is 1. The number of thioether (sulfide) groups is 1. The predicted molar refractivity (Wildman–Crippen MR) is 93.5 cm³/mol. The second-order valence-corrected chi connectivity index (χ2v) is 8.82. The SMILES string of the molecule is C=CCSc1nnc(NS(=O)(=O)Cc2c(Cl)cccc2Cl)s1. The van der Waals surface area contributed by atoms with Crippen molar-refractivity contribution in [2.24, 2.45) is 0 Å². The number of hydrogen-bond acceptors (Lipinski definition) is 6. The zero-order chi connectivity index (χ0) is 16.2. The molecule has 0 aliphatic heterocycles. The first-order valence-electron chi connectivity index (χ1n) is 5.92. The molecule has 1 N–H and O–H groups in total. The standard InChI is InChI=1S/C12H11Cl2N3O2S3/c1-2-6-20-12-16-15-11(21-12)17-22(18,19)7-8-9(13)4-3-5-10(8)14/h2-5H,1,6-7H2,(H,15,17). The molecular formula is C12H11Cl2N3O2S3. The monoisotopic (exact) mass is 395 g/mol. The van der Waals surface area contributed by atoms with E-state index in [4.69, 9.17) is 23.2 Å². The number of rotatable bonds is 7. The number of nitrogens with one attached hydrogen (secondary N) is 1. The van der Waals surface area contributed by atoms with Crippen LogP contribution in [0.1, 0.15) is 5.56 Å². The van der Waals surface area contributed by atoms with E-state index in [1.165, 1.54) is 11.8 Å². The minimum atomic E-state index is -3.68. The lowest BCUT2D eigenvalue weighted by atomic mass is 10.2. The van der Waals surface area contributed by atoms with Gasteiger partial charge in [-0.3, -0.25) is 4.72 Å². The molecule has 0 aliphatic carbocycles. The molecule has 0 unspecified atom stereocenters. The zero-order valence-electron chi connectivity index (χ0n) is 11.1. The summed E-state index contributed by atoms with van der Waals surface area (Å²) in [6.45, 7) is 3.60. The van der Waals surface area contributed by atoms with Crippen LogP contribution in [-0.4, -0.2) is 24.4 Å². The molecule has 1 heterocycles. The number of sulfonamides is 1. The molecule has 22 heavy (non-hydrogen) atoms. The van der Waals surface area contributed by atoms with Gasteiger partial charge < -0.3 is 0 Å². The summed E-state index contributed by atoms with van der Waals surface area (Å²) < 4.78 is 27.4. The number of halogens is 2. The molecule has 0 atom stereocenters. The summed E-state index contributed by atoms with van der Waals surface area (Å²) in [6, 6.07) is 4.84. The van der Waals surface area contributed by atoms with Gasteiger partial charge in [-0.15, -0.1) is 16.8 Å². The molecule has 10 heteroatoms. The molecule has 0 aliphatic rings.